The van der Waals surface area contributed by atoms with Crippen LogP contribution in [0.3, 0.4) is 0 Å². The summed E-state index contributed by atoms with van der Waals surface area (Å²) in [5, 5.41) is 21.4. The zero-order valence-electron chi connectivity index (χ0n) is 11.8. The summed E-state index contributed by atoms with van der Waals surface area (Å²) in [5.74, 6) is 0.710. The second-order valence-corrected chi connectivity index (χ2v) is 4.63. The monoisotopic (exact) mass is 267 g/mol. The van der Waals surface area contributed by atoms with E-state index in [4.69, 9.17) is 9.84 Å². The fourth-order valence-corrected chi connectivity index (χ4v) is 1.86. The first-order valence-corrected chi connectivity index (χ1v) is 6.96. The zero-order valence-corrected chi connectivity index (χ0v) is 11.8. The van der Waals surface area contributed by atoms with Crippen LogP contribution >= 0.6 is 0 Å². The van der Waals surface area contributed by atoms with Gasteiger partial charge in [-0.3, -0.25) is 0 Å². The maximum absolute atomic E-state index is 9.21. The maximum atomic E-state index is 9.21. The molecular weight excluding hydrogens is 242 g/mol. The molecule has 0 amide bonds. The summed E-state index contributed by atoms with van der Waals surface area (Å²) in [6, 6.07) is 8.25. The van der Waals surface area contributed by atoms with Gasteiger partial charge in [0.05, 0.1) is 6.61 Å². The molecule has 0 heterocycles. The van der Waals surface area contributed by atoms with E-state index in [2.05, 4.69) is 19.2 Å². The van der Waals surface area contributed by atoms with Gasteiger partial charge in [-0.25, -0.2) is 0 Å². The van der Waals surface area contributed by atoms with Gasteiger partial charge in [-0.2, -0.15) is 0 Å². The number of benzene rings is 1. The molecule has 3 N–H and O–H groups in total. The van der Waals surface area contributed by atoms with Crippen molar-refractivity contribution >= 4 is 0 Å². The third-order valence-electron chi connectivity index (χ3n) is 2.98. The number of ether oxygens (including phenoxy) is 1. The highest BCUT2D eigenvalue weighted by Crippen LogP contribution is 2.20. The summed E-state index contributed by atoms with van der Waals surface area (Å²) >= 11 is 0. The Morgan fingerprint density at radius 1 is 1.21 bits per heavy atom. The third-order valence-corrected chi connectivity index (χ3v) is 2.98. The van der Waals surface area contributed by atoms with Crippen molar-refractivity contribution in [1.82, 2.24) is 5.32 Å². The van der Waals surface area contributed by atoms with Gasteiger partial charge in [0.15, 0.2) is 0 Å². The largest absolute Gasteiger partial charge is 0.491 e. The zero-order chi connectivity index (χ0) is 14.1. The molecule has 19 heavy (non-hydrogen) atoms. The van der Waals surface area contributed by atoms with Gasteiger partial charge in [0.1, 0.15) is 18.5 Å². The molecule has 0 radical (unpaired) electrons. The van der Waals surface area contributed by atoms with E-state index >= 15 is 0 Å². The minimum absolute atomic E-state index is 0.112. The van der Waals surface area contributed by atoms with Crippen molar-refractivity contribution in [3.8, 4) is 5.75 Å². The smallest absolute Gasteiger partial charge is 0.119 e. The Bertz CT molecular complexity index is 340. The molecule has 4 heteroatoms. The van der Waals surface area contributed by atoms with Crippen LogP contribution in [0.5, 0.6) is 5.75 Å². The van der Waals surface area contributed by atoms with Crippen LogP contribution in [0.4, 0.5) is 0 Å². The van der Waals surface area contributed by atoms with Crippen molar-refractivity contribution in [1.29, 1.82) is 0 Å². The molecule has 1 aromatic rings. The summed E-state index contributed by atoms with van der Waals surface area (Å²) < 4.78 is 5.38. The molecule has 0 bridgehead atoms. The first kappa shape index (κ1) is 16.0. The van der Waals surface area contributed by atoms with Crippen LogP contribution in [-0.2, 0) is 0 Å². The van der Waals surface area contributed by atoms with Crippen molar-refractivity contribution < 1.29 is 14.9 Å². The Morgan fingerprint density at radius 2 is 1.89 bits per heavy atom. The fourth-order valence-electron chi connectivity index (χ4n) is 1.86. The topological polar surface area (TPSA) is 61.7 Å². The highest BCUT2D eigenvalue weighted by Gasteiger charge is 2.08. The van der Waals surface area contributed by atoms with Crippen LogP contribution in [0.15, 0.2) is 24.3 Å². The van der Waals surface area contributed by atoms with Crippen molar-refractivity contribution in [3.05, 3.63) is 29.8 Å². The Labute approximate surface area is 115 Å². The van der Waals surface area contributed by atoms with Gasteiger partial charge in [0, 0.05) is 6.04 Å². The summed E-state index contributed by atoms with van der Waals surface area (Å²) in [4.78, 5) is 0. The van der Waals surface area contributed by atoms with Crippen LogP contribution in [0.1, 0.15) is 38.3 Å². The molecule has 0 saturated heterocycles. The minimum atomic E-state index is -0.825. The lowest BCUT2D eigenvalue weighted by Crippen LogP contribution is -2.22. The van der Waals surface area contributed by atoms with Crippen LogP contribution in [0, 0.1) is 0 Å². The maximum Gasteiger partial charge on any atom is 0.119 e. The SMILES string of the molecule is CCCNC(CC)c1ccc(OCC(O)CO)cc1. The van der Waals surface area contributed by atoms with E-state index in [-0.39, 0.29) is 13.2 Å². The van der Waals surface area contributed by atoms with Crippen molar-refractivity contribution in [2.45, 2.75) is 38.8 Å². The van der Waals surface area contributed by atoms with Gasteiger partial charge in [0.25, 0.3) is 0 Å². The van der Waals surface area contributed by atoms with Gasteiger partial charge in [-0.05, 0) is 37.1 Å². The normalized spacial score (nSPS) is 14.1. The Kier molecular flexibility index (Phi) is 7.48. The number of nitrogens with one attached hydrogen (secondary N) is 1. The number of hydrogen-bond donors (Lipinski definition) is 3. The molecular formula is C15H25NO3. The highest BCUT2D eigenvalue weighted by atomic mass is 16.5. The number of rotatable bonds is 9. The summed E-state index contributed by atoms with van der Waals surface area (Å²) in [7, 11) is 0. The number of hydrogen-bond acceptors (Lipinski definition) is 4. The van der Waals surface area contributed by atoms with Gasteiger partial charge in [-0.15, -0.1) is 0 Å². The van der Waals surface area contributed by atoms with Crippen molar-refractivity contribution in [2.75, 3.05) is 19.8 Å². The number of aliphatic hydroxyl groups excluding tert-OH is 2. The molecule has 0 saturated carbocycles. The lowest BCUT2D eigenvalue weighted by Gasteiger charge is -2.17. The first-order chi connectivity index (χ1) is 9.21. The molecule has 0 aromatic heterocycles. The van der Waals surface area contributed by atoms with Crippen molar-refractivity contribution in [3.63, 3.8) is 0 Å². The average Bonchev–Trinajstić information content (AvgIpc) is 2.46. The Balaban J connectivity index is 2.54. The van der Waals surface area contributed by atoms with Crippen LogP contribution in [0.2, 0.25) is 0 Å². The average molecular weight is 267 g/mol. The van der Waals surface area contributed by atoms with E-state index in [1.165, 1.54) is 5.56 Å². The molecule has 2 atom stereocenters. The predicted molar refractivity (Wildman–Crippen MR) is 76.4 cm³/mol. The molecule has 108 valence electrons. The van der Waals surface area contributed by atoms with Crippen molar-refractivity contribution in [2.24, 2.45) is 0 Å². The number of aliphatic hydroxyl groups is 2. The lowest BCUT2D eigenvalue weighted by molar-refractivity contribution is 0.0536. The standard InChI is InChI=1S/C15H25NO3/c1-3-9-16-15(4-2)12-5-7-14(8-6-12)19-11-13(18)10-17/h5-8,13,15-18H,3-4,9-11H2,1-2H3. The molecule has 0 fully saturated rings. The summed E-state index contributed by atoms with van der Waals surface area (Å²) in [6.45, 7) is 5.16. The van der Waals surface area contributed by atoms with Gasteiger partial charge < -0.3 is 20.3 Å². The van der Waals surface area contributed by atoms with Crippen LogP contribution in [0.25, 0.3) is 0 Å². The summed E-state index contributed by atoms with van der Waals surface area (Å²) in [5.41, 5.74) is 1.24. The first-order valence-electron chi connectivity index (χ1n) is 6.96. The van der Waals surface area contributed by atoms with E-state index in [1.54, 1.807) is 0 Å². The van der Waals surface area contributed by atoms with E-state index < -0.39 is 6.10 Å². The Morgan fingerprint density at radius 3 is 2.42 bits per heavy atom. The van der Waals surface area contributed by atoms with Gasteiger partial charge >= 0.3 is 0 Å². The van der Waals surface area contributed by atoms with Gasteiger partial charge in [0.2, 0.25) is 0 Å². The summed E-state index contributed by atoms with van der Waals surface area (Å²) in [6.07, 6.45) is 1.34. The van der Waals surface area contributed by atoms with Gasteiger partial charge in [-0.1, -0.05) is 26.0 Å². The molecule has 1 aromatic carbocycles. The van der Waals surface area contributed by atoms with E-state index in [0.29, 0.717) is 11.8 Å². The molecule has 2 unspecified atom stereocenters. The quantitative estimate of drug-likeness (QED) is 0.639. The molecule has 1 rings (SSSR count). The second kappa shape index (κ2) is 8.91. The fraction of sp³-hybridized carbons (Fsp3) is 0.600. The second-order valence-electron chi connectivity index (χ2n) is 4.63. The molecule has 0 aliphatic carbocycles. The highest BCUT2D eigenvalue weighted by molar-refractivity contribution is 5.29. The van der Waals surface area contributed by atoms with Crippen LogP contribution < -0.4 is 10.1 Å². The molecule has 0 aliphatic rings. The lowest BCUT2D eigenvalue weighted by atomic mass is 10.0. The Hall–Kier alpha value is -1.10. The van der Waals surface area contributed by atoms with E-state index in [0.717, 1.165) is 19.4 Å². The van der Waals surface area contributed by atoms with Crippen LogP contribution in [-0.4, -0.2) is 36.1 Å². The predicted octanol–water partition coefficient (Wildman–Crippen LogP) is 1.87. The minimum Gasteiger partial charge on any atom is -0.491 e. The molecule has 0 spiro atoms. The van der Waals surface area contributed by atoms with E-state index in [1.807, 2.05) is 24.3 Å². The van der Waals surface area contributed by atoms with E-state index in [9.17, 15) is 5.11 Å². The molecule has 4 nitrogen and oxygen atoms in total. The molecule has 0 aliphatic heterocycles. The third kappa shape index (κ3) is 5.59.